The van der Waals surface area contributed by atoms with Gasteiger partial charge in [0.15, 0.2) is 5.96 Å². The summed E-state index contributed by atoms with van der Waals surface area (Å²) in [5.74, 6) is 0.762. The number of aliphatic hydroxyl groups excluding tert-OH is 1. The summed E-state index contributed by atoms with van der Waals surface area (Å²) in [6, 6.07) is 2.08. The zero-order valence-electron chi connectivity index (χ0n) is 12.9. The van der Waals surface area contributed by atoms with Crippen molar-refractivity contribution < 1.29 is 9.84 Å². The van der Waals surface area contributed by atoms with E-state index in [1.54, 1.807) is 7.05 Å². The molecule has 2 heterocycles. The molecule has 0 amide bonds. The van der Waals surface area contributed by atoms with Crippen molar-refractivity contribution in [1.82, 2.24) is 15.2 Å². The monoisotopic (exact) mass is 294 g/mol. The first-order valence-electron chi connectivity index (χ1n) is 7.41. The second-order valence-corrected chi connectivity index (χ2v) is 5.74. The molecule has 1 aromatic heterocycles. The highest BCUT2D eigenvalue weighted by molar-refractivity contribution is 5.79. The van der Waals surface area contributed by atoms with Gasteiger partial charge in [-0.1, -0.05) is 0 Å². The quantitative estimate of drug-likeness (QED) is 0.546. The van der Waals surface area contributed by atoms with Crippen molar-refractivity contribution in [2.24, 2.45) is 17.5 Å². The highest BCUT2D eigenvalue weighted by Gasteiger charge is 2.32. The van der Waals surface area contributed by atoms with Crippen molar-refractivity contribution in [1.29, 1.82) is 0 Å². The number of aromatic nitrogens is 1. The topological polar surface area (TPSA) is 70.8 Å². The Labute approximate surface area is 126 Å². The standard InChI is InChI=1S/C15H26N4O2/c1-16-14(17-9-13-3-6-19(2)10-13)18-11-15(12-20)4-7-21-8-5-15/h3,6,10,20H,4-5,7-9,11-12H2,1-2H3,(H2,16,17,18). The van der Waals surface area contributed by atoms with E-state index in [2.05, 4.69) is 27.9 Å². The van der Waals surface area contributed by atoms with Gasteiger partial charge < -0.3 is 25.0 Å². The van der Waals surface area contributed by atoms with Gasteiger partial charge in [-0.15, -0.1) is 0 Å². The van der Waals surface area contributed by atoms with Crippen LogP contribution in [0.25, 0.3) is 0 Å². The number of aryl methyl sites for hydroxylation is 1. The van der Waals surface area contributed by atoms with E-state index in [1.807, 2.05) is 17.8 Å². The predicted molar refractivity (Wildman–Crippen MR) is 83.2 cm³/mol. The molecule has 1 saturated heterocycles. The van der Waals surface area contributed by atoms with Crippen LogP contribution in [0.4, 0.5) is 0 Å². The normalized spacial score (nSPS) is 18.5. The fourth-order valence-electron chi connectivity index (χ4n) is 2.54. The van der Waals surface area contributed by atoms with Crippen molar-refractivity contribution in [2.75, 3.05) is 33.4 Å². The van der Waals surface area contributed by atoms with Crippen LogP contribution in [0.15, 0.2) is 23.5 Å². The minimum Gasteiger partial charge on any atom is -0.396 e. The minimum atomic E-state index is -0.0946. The number of aliphatic imine (C=N–C) groups is 1. The fraction of sp³-hybridized carbons (Fsp3) is 0.667. The van der Waals surface area contributed by atoms with E-state index in [0.29, 0.717) is 6.54 Å². The number of rotatable bonds is 5. The third kappa shape index (κ3) is 4.47. The number of nitrogens with one attached hydrogen (secondary N) is 2. The second kappa shape index (κ2) is 7.47. The van der Waals surface area contributed by atoms with Crippen LogP contribution >= 0.6 is 0 Å². The third-order valence-electron chi connectivity index (χ3n) is 4.10. The Morgan fingerprint density at radius 2 is 2.19 bits per heavy atom. The molecule has 1 aromatic rings. The highest BCUT2D eigenvalue weighted by Crippen LogP contribution is 2.28. The largest absolute Gasteiger partial charge is 0.396 e. The molecule has 0 atom stereocenters. The lowest BCUT2D eigenvalue weighted by atomic mass is 9.81. The van der Waals surface area contributed by atoms with Crippen molar-refractivity contribution in [3.05, 3.63) is 24.0 Å². The maximum Gasteiger partial charge on any atom is 0.191 e. The summed E-state index contributed by atoms with van der Waals surface area (Å²) in [6.45, 7) is 3.06. The predicted octanol–water partition coefficient (Wildman–Crippen LogP) is 0.479. The van der Waals surface area contributed by atoms with Crippen LogP contribution in [0.3, 0.4) is 0 Å². The van der Waals surface area contributed by atoms with E-state index in [-0.39, 0.29) is 12.0 Å². The average Bonchev–Trinajstić information content (AvgIpc) is 2.94. The summed E-state index contributed by atoms with van der Waals surface area (Å²) >= 11 is 0. The Kier molecular flexibility index (Phi) is 5.64. The SMILES string of the molecule is CN=C(NCc1ccn(C)c1)NCC1(CO)CCOCC1. The zero-order valence-corrected chi connectivity index (χ0v) is 12.9. The molecule has 0 aromatic carbocycles. The minimum absolute atomic E-state index is 0.0946. The van der Waals surface area contributed by atoms with Crippen LogP contribution in [-0.2, 0) is 18.3 Å². The zero-order chi connectivity index (χ0) is 15.1. The molecule has 0 saturated carbocycles. The highest BCUT2D eigenvalue weighted by atomic mass is 16.5. The first-order chi connectivity index (χ1) is 10.2. The van der Waals surface area contributed by atoms with E-state index in [1.165, 1.54) is 5.56 Å². The molecule has 6 nitrogen and oxygen atoms in total. The number of ether oxygens (including phenoxy) is 1. The van der Waals surface area contributed by atoms with E-state index >= 15 is 0 Å². The molecule has 21 heavy (non-hydrogen) atoms. The fourth-order valence-corrected chi connectivity index (χ4v) is 2.54. The van der Waals surface area contributed by atoms with Gasteiger partial charge in [-0.3, -0.25) is 4.99 Å². The van der Waals surface area contributed by atoms with E-state index in [9.17, 15) is 5.11 Å². The number of aliphatic hydroxyl groups is 1. The second-order valence-electron chi connectivity index (χ2n) is 5.74. The summed E-state index contributed by atoms with van der Waals surface area (Å²) in [4.78, 5) is 4.23. The van der Waals surface area contributed by atoms with Gasteiger partial charge in [-0.25, -0.2) is 0 Å². The lowest BCUT2D eigenvalue weighted by Gasteiger charge is -2.35. The van der Waals surface area contributed by atoms with Gasteiger partial charge in [0.25, 0.3) is 0 Å². The molecule has 2 rings (SSSR count). The Hall–Kier alpha value is -1.53. The molecular formula is C15H26N4O2. The van der Waals surface area contributed by atoms with Crippen molar-refractivity contribution in [3.63, 3.8) is 0 Å². The van der Waals surface area contributed by atoms with Gasteiger partial charge >= 0.3 is 0 Å². The molecule has 0 radical (unpaired) electrons. The summed E-state index contributed by atoms with van der Waals surface area (Å²) in [5.41, 5.74) is 1.12. The first kappa shape index (κ1) is 15.9. The Morgan fingerprint density at radius 1 is 1.43 bits per heavy atom. The van der Waals surface area contributed by atoms with Gasteiger partial charge in [0, 0.05) is 58.2 Å². The summed E-state index contributed by atoms with van der Waals surface area (Å²) in [5, 5.41) is 16.3. The Morgan fingerprint density at radius 3 is 2.76 bits per heavy atom. The summed E-state index contributed by atoms with van der Waals surface area (Å²) in [6.07, 6.45) is 5.86. The smallest absolute Gasteiger partial charge is 0.191 e. The number of hydrogen-bond donors (Lipinski definition) is 3. The van der Waals surface area contributed by atoms with Gasteiger partial charge in [0.1, 0.15) is 0 Å². The molecule has 1 aliphatic rings. The molecule has 0 bridgehead atoms. The van der Waals surface area contributed by atoms with Crippen molar-refractivity contribution in [2.45, 2.75) is 19.4 Å². The molecule has 0 aliphatic carbocycles. The van der Waals surface area contributed by atoms with Crippen LogP contribution in [0.5, 0.6) is 0 Å². The first-order valence-corrected chi connectivity index (χ1v) is 7.41. The van der Waals surface area contributed by atoms with Gasteiger partial charge in [0.05, 0.1) is 6.61 Å². The van der Waals surface area contributed by atoms with Crippen LogP contribution < -0.4 is 10.6 Å². The van der Waals surface area contributed by atoms with Crippen LogP contribution in [-0.4, -0.2) is 49.0 Å². The number of nitrogens with zero attached hydrogens (tertiary/aromatic N) is 2. The average molecular weight is 294 g/mol. The van der Waals surface area contributed by atoms with E-state index in [0.717, 1.165) is 38.6 Å². The maximum absolute atomic E-state index is 9.68. The summed E-state index contributed by atoms with van der Waals surface area (Å²) in [7, 11) is 3.77. The molecule has 3 N–H and O–H groups in total. The molecule has 1 fully saturated rings. The van der Waals surface area contributed by atoms with Crippen LogP contribution in [0.2, 0.25) is 0 Å². The Bertz CT molecular complexity index is 464. The number of hydrogen-bond acceptors (Lipinski definition) is 3. The van der Waals surface area contributed by atoms with Gasteiger partial charge in [-0.2, -0.15) is 0 Å². The van der Waals surface area contributed by atoms with Gasteiger partial charge in [-0.05, 0) is 24.5 Å². The van der Waals surface area contributed by atoms with E-state index in [4.69, 9.17) is 4.74 Å². The summed E-state index contributed by atoms with van der Waals surface area (Å²) < 4.78 is 7.40. The van der Waals surface area contributed by atoms with Crippen molar-refractivity contribution in [3.8, 4) is 0 Å². The molecule has 0 unspecified atom stereocenters. The molecule has 118 valence electrons. The van der Waals surface area contributed by atoms with Crippen molar-refractivity contribution >= 4 is 5.96 Å². The Balaban J connectivity index is 1.81. The number of guanidine groups is 1. The lowest BCUT2D eigenvalue weighted by molar-refractivity contribution is -0.0131. The molecule has 6 heteroatoms. The maximum atomic E-state index is 9.68. The molecule has 1 aliphatic heterocycles. The van der Waals surface area contributed by atoms with Crippen LogP contribution in [0.1, 0.15) is 18.4 Å². The third-order valence-corrected chi connectivity index (χ3v) is 4.10. The van der Waals surface area contributed by atoms with Crippen LogP contribution in [0, 0.1) is 5.41 Å². The lowest BCUT2D eigenvalue weighted by Crippen LogP contribution is -2.47. The van der Waals surface area contributed by atoms with Gasteiger partial charge in [0.2, 0.25) is 0 Å². The van der Waals surface area contributed by atoms with E-state index < -0.39 is 0 Å². The molecule has 0 spiro atoms. The molecular weight excluding hydrogens is 268 g/mol.